The van der Waals surface area contributed by atoms with Crippen LogP contribution in [0.5, 0.6) is 0 Å². The fourth-order valence-corrected chi connectivity index (χ4v) is 3.65. The smallest absolute Gasteiger partial charge is 0.248 e. The Morgan fingerprint density at radius 1 is 1.50 bits per heavy atom. The molecule has 2 aromatic rings. The van der Waals surface area contributed by atoms with Gasteiger partial charge in [0.1, 0.15) is 17.8 Å². The molecule has 3 unspecified atom stereocenters. The summed E-state index contributed by atoms with van der Waals surface area (Å²) in [4.78, 5) is 25.5. The van der Waals surface area contributed by atoms with E-state index in [2.05, 4.69) is 26.8 Å². The number of alkyl halides is 2. The van der Waals surface area contributed by atoms with E-state index in [0.29, 0.717) is 18.0 Å². The number of piperidine rings is 1. The first-order valence-electron chi connectivity index (χ1n) is 9.59. The molecule has 3 rings (SSSR count). The number of anilines is 1. The molecule has 6 nitrogen and oxygen atoms in total. The summed E-state index contributed by atoms with van der Waals surface area (Å²) in [6.45, 7) is 8.62. The van der Waals surface area contributed by atoms with E-state index in [1.807, 2.05) is 6.92 Å². The molecule has 0 spiro atoms. The first kappa shape index (κ1) is 20.2. The Bertz CT molecular complexity index is 860. The molecule has 0 aromatic carbocycles. The lowest BCUT2D eigenvalue weighted by Gasteiger charge is -2.38. The second-order valence-electron chi connectivity index (χ2n) is 7.78. The summed E-state index contributed by atoms with van der Waals surface area (Å²) in [5.74, 6) is -3.06. The maximum atomic E-state index is 13.7. The first-order valence-corrected chi connectivity index (χ1v) is 9.59. The van der Waals surface area contributed by atoms with Crippen LogP contribution in [0.2, 0.25) is 0 Å². The van der Waals surface area contributed by atoms with Crippen LogP contribution in [0.15, 0.2) is 25.2 Å². The van der Waals surface area contributed by atoms with E-state index in [4.69, 9.17) is 0 Å². The summed E-state index contributed by atoms with van der Waals surface area (Å²) < 4.78 is 27.3. The number of fused-ring (bicyclic) bond motifs is 1. The van der Waals surface area contributed by atoms with Gasteiger partial charge in [0.15, 0.2) is 0 Å². The number of rotatable bonds is 6. The predicted molar refractivity (Wildman–Crippen MR) is 105 cm³/mol. The Kier molecular flexibility index (Phi) is 5.67. The van der Waals surface area contributed by atoms with Crippen molar-refractivity contribution < 1.29 is 13.6 Å². The number of aromatic amines is 1. The summed E-state index contributed by atoms with van der Waals surface area (Å²) in [6, 6.07) is 0.176. The van der Waals surface area contributed by atoms with Gasteiger partial charge in [0.2, 0.25) is 11.8 Å². The number of carbonyl (C=O) groups is 1. The zero-order chi connectivity index (χ0) is 20.5. The van der Waals surface area contributed by atoms with Gasteiger partial charge in [-0.25, -0.2) is 18.7 Å². The van der Waals surface area contributed by atoms with Gasteiger partial charge < -0.3 is 15.2 Å². The van der Waals surface area contributed by atoms with Crippen LogP contribution in [0.25, 0.3) is 11.0 Å². The van der Waals surface area contributed by atoms with Gasteiger partial charge in [-0.1, -0.05) is 13.5 Å². The number of hydrogen-bond donors (Lipinski definition) is 2. The normalized spacial score (nSPS) is 21.5. The van der Waals surface area contributed by atoms with E-state index in [9.17, 15) is 13.6 Å². The number of nitrogens with zero attached hydrogens (tertiary/aromatic N) is 3. The van der Waals surface area contributed by atoms with Crippen LogP contribution in [-0.2, 0) is 11.2 Å². The third kappa shape index (κ3) is 4.15. The van der Waals surface area contributed by atoms with E-state index < -0.39 is 11.8 Å². The first-order chi connectivity index (χ1) is 13.2. The van der Waals surface area contributed by atoms with Crippen LogP contribution < -0.4 is 5.32 Å². The molecular formula is C20H27F2N5O. The maximum Gasteiger partial charge on any atom is 0.248 e. The van der Waals surface area contributed by atoms with Crippen molar-refractivity contribution in [1.82, 2.24) is 19.9 Å². The minimum Gasteiger partial charge on any atom is -0.365 e. The van der Waals surface area contributed by atoms with Crippen molar-refractivity contribution >= 4 is 22.8 Å². The van der Waals surface area contributed by atoms with E-state index in [1.54, 1.807) is 11.1 Å². The molecule has 0 radical (unpaired) electrons. The molecular weight excluding hydrogens is 364 g/mol. The van der Waals surface area contributed by atoms with Gasteiger partial charge in [-0.2, -0.15) is 0 Å². The van der Waals surface area contributed by atoms with Crippen LogP contribution in [0.4, 0.5) is 14.6 Å². The lowest BCUT2D eigenvalue weighted by atomic mass is 9.96. The van der Waals surface area contributed by atoms with Crippen molar-refractivity contribution in [2.75, 3.05) is 11.9 Å². The van der Waals surface area contributed by atoms with Crippen LogP contribution in [0.1, 0.15) is 39.2 Å². The molecule has 3 heterocycles. The highest BCUT2D eigenvalue weighted by molar-refractivity contribution is 5.90. The van der Waals surface area contributed by atoms with Gasteiger partial charge in [-0.3, -0.25) is 4.79 Å². The number of halogens is 2. The molecule has 1 aliphatic heterocycles. The second-order valence-corrected chi connectivity index (χ2v) is 7.78. The Hall–Kier alpha value is -2.51. The van der Waals surface area contributed by atoms with Crippen LogP contribution in [0, 0.1) is 5.92 Å². The molecule has 0 bridgehead atoms. The Morgan fingerprint density at radius 2 is 2.25 bits per heavy atom. The van der Waals surface area contributed by atoms with Gasteiger partial charge in [0.25, 0.3) is 0 Å². The largest absolute Gasteiger partial charge is 0.365 e. The highest BCUT2D eigenvalue weighted by Crippen LogP contribution is 2.32. The van der Waals surface area contributed by atoms with E-state index in [-0.39, 0.29) is 24.4 Å². The van der Waals surface area contributed by atoms with Gasteiger partial charge >= 0.3 is 0 Å². The molecule has 2 N–H and O–H groups in total. The molecule has 28 heavy (non-hydrogen) atoms. The van der Waals surface area contributed by atoms with Gasteiger partial charge in [0, 0.05) is 30.7 Å². The topological polar surface area (TPSA) is 73.9 Å². The van der Waals surface area contributed by atoms with Gasteiger partial charge in [0.05, 0.1) is 5.39 Å². The summed E-state index contributed by atoms with van der Waals surface area (Å²) in [5.41, 5.74) is 1.37. The average Bonchev–Trinajstić information content (AvgIpc) is 3.06. The minimum absolute atomic E-state index is 0.0194. The van der Waals surface area contributed by atoms with E-state index in [1.165, 1.54) is 19.3 Å². The molecule has 1 saturated heterocycles. The molecule has 1 aliphatic rings. The van der Waals surface area contributed by atoms with E-state index >= 15 is 0 Å². The Morgan fingerprint density at radius 3 is 2.93 bits per heavy atom. The molecule has 3 atom stereocenters. The average molecular weight is 391 g/mol. The summed E-state index contributed by atoms with van der Waals surface area (Å²) in [6.07, 6.45) is 6.47. The van der Waals surface area contributed by atoms with Crippen LogP contribution in [-0.4, -0.2) is 50.3 Å². The highest BCUT2D eigenvalue weighted by atomic mass is 19.3. The summed E-state index contributed by atoms with van der Waals surface area (Å²) in [5, 5.41) is 4.14. The lowest BCUT2D eigenvalue weighted by Crippen LogP contribution is -2.49. The number of aromatic nitrogens is 3. The van der Waals surface area contributed by atoms with Crippen molar-refractivity contribution in [3.63, 3.8) is 0 Å². The summed E-state index contributed by atoms with van der Waals surface area (Å²) >= 11 is 0. The molecule has 1 amide bonds. The van der Waals surface area contributed by atoms with Crippen LogP contribution >= 0.6 is 0 Å². The zero-order valence-corrected chi connectivity index (χ0v) is 16.5. The molecule has 2 aromatic heterocycles. The number of nitrogens with one attached hydrogen (secondary N) is 2. The predicted octanol–water partition coefficient (Wildman–Crippen LogP) is 3.77. The lowest BCUT2D eigenvalue weighted by molar-refractivity contribution is -0.129. The van der Waals surface area contributed by atoms with Crippen LogP contribution in [0.3, 0.4) is 0 Å². The second kappa shape index (κ2) is 7.85. The van der Waals surface area contributed by atoms with Crippen molar-refractivity contribution in [1.29, 1.82) is 0 Å². The number of H-pyrrole nitrogens is 1. The zero-order valence-electron chi connectivity index (χ0n) is 16.5. The third-order valence-electron chi connectivity index (χ3n) is 5.62. The third-order valence-corrected chi connectivity index (χ3v) is 5.62. The SMILES string of the molecule is C=CC(=O)N1CC(Nc2ncnc3[nH]cc(CC(C)C(C)(F)F)c23)CCC1C. The summed E-state index contributed by atoms with van der Waals surface area (Å²) in [7, 11) is 0. The standard InChI is InChI=1S/C20H27F2N5O/c1-5-16(28)27-10-15(7-6-13(27)3)26-19-17-14(8-12(2)20(4,21)22)9-23-18(17)24-11-25-19/h5,9,11-13,15H,1,6-8,10H2,2-4H3,(H2,23,24,25,26). The molecule has 0 aliphatic carbocycles. The highest BCUT2D eigenvalue weighted by Gasteiger charge is 2.32. The van der Waals surface area contributed by atoms with Crippen molar-refractivity contribution in [2.24, 2.45) is 5.92 Å². The number of carbonyl (C=O) groups excluding carboxylic acids is 1. The molecule has 152 valence electrons. The van der Waals surface area contributed by atoms with Crippen molar-refractivity contribution in [3.05, 3.63) is 30.7 Å². The maximum absolute atomic E-state index is 13.7. The van der Waals surface area contributed by atoms with Gasteiger partial charge in [-0.15, -0.1) is 0 Å². The molecule has 8 heteroatoms. The molecule has 1 fully saturated rings. The van der Waals surface area contributed by atoms with Crippen molar-refractivity contribution in [3.8, 4) is 0 Å². The van der Waals surface area contributed by atoms with E-state index in [0.717, 1.165) is 30.7 Å². The fourth-order valence-electron chi connectivity index (χ4n) is 3.65. The number of amides is 1. The number of hydrogen-bond acceptors (Lipinski definition) is 4. The minimum atomic E-state index is -2.77. The van der Waals surface area contributed by atoms with Crippen molar-refractivity contribution in [2.45, 2.75) is 58.0 Å². The monoisotopic (exact) mass is 391 g/mol. The fraction of sp³-hybridized carbons (Fsp3) is 0.550. The number of likely N-dealkylation sites (tertiary alicyclic amines) is 1. The quantitative estimate of drug-likeness (QED) is 0.735. The van der Waals surface area contributed by atoms with Gasteiger partial charge in [-0.05, 0) is 44.7 Å². The Balaban J connectivity index is 1.84. The molecule has 0 saturated carbocycles. The Labute approximate surface area is 163 Å².